The second-order valence-corrected chi connectivity index (χ2v) is 6.46. The van der Waals surface area contributed by atoms with E-state index in [0.717, 1.165) is 49.7 Å². The standard InChI is InChI=1S/C16H25N3OS.2ClH/c1-2-10-19(15-6-9-17-12-15)16(20)7-11-21-13-14-5-3-4-8-18-14;;/h3-5,8,15,17H,2,6-7,9-13H2,1H3;2*1H. The van der Waals surface area contributed by atoms with E-state index in [1.54, 1.807) is 11.8 Å². The zero-order valence-electron chi connectivity index (χ0n) is 13.6. The van der Waals surface area contributed by atoms with Crippen molar-refractivity contribution in [1.29, 1.82) is 0 Å². The number of hydrogen-bond acceptors (Lipinski definition) is 4. The minimum Gasteiger partial charge on any atom is -0.338 e. The Kier molecular flexibility index (Phi) is 12.6. The first kappa shape index (κ1) is 22.5. The first-order valence-corrected chi connectivity index (χ1v) is 8.94. The molecule has 0 saturated carbocycles. The molecule has 1 aromatic heterocycles. The first-order valence-electron chi connectivity index (χ1n) is 7.79. The molecule has 2 heterocycles. The molecule has 4 nitrogen and oxygen atoms in total. The summed E-state index contributed by atoms with van der Waals surface area (Å²) in [6.07, 6.45) is 4.57. The van der Waals surface area contributed by atoms with Crippen molar-refractivity contribution in [2.45, 2.75) is 38.0 Å². The van der Waals surface area contributed by atoms with Crippen LogP contribution in [0.2, 0.25) is 0 Å². The van der Waals surface area contributed by atoms with Crippen molar-refractivity contribution >= 4 is 42.5 Å². The number of thioether (sulfide) groups is 1. The number of aromatic nitrogens is 1. The number of nitrogens with zero attached hydrogens (tertiary/aromatic N) is 2. The van der Waals surface area contributed by atoms with Crippen molar-refractivity contribution in [3.05, 3.63) is 30.1 Å². The van der Waals surface area contributed by atoms with E-state index < -0.39 is 0 Å². The van der Waals surface area contributed by atoms with Crippen LogP contribution in [0.25, 0.3) is 0 Å². The van der Waals surface area contributed by atoms with Gasteiger partial charge in [-0.15, -0.1) is 24.8 Å². The minimum atomic E-state index is 0. The van der Waals surface area contributed by atoms with E-state index >= 15 is 0 Å². The second kappa shape index (κ2) is 12.9. The number of carbonyl (C=O) groups excluding carboxylic acids is 1. The molecular weight excluding hydrogens is 353 g/mol. The molecule has 1 amide bonds. The molecule has 1 N–H and O–H groups in total. The minimum absolute atomic E-state index is 0. The van der Waals surface area contributed by atoms with E-state index in [1.165, 1.54) is 0 Å². The maximum Gasteiger partial charge on any atom is 0.223 e. The van der Waals surface area contributed by atoms with Gasteiger partial charge in [-0.3, -0.25) is 9.78 Å². The average molecular weight is 380 g/mol. The normalized spacial score (nSPS) is 16.3. The van der Waals surface area contributed by atoms with Gasteiger partial charge in [0.05, 0.1) is 5.69 Å². The SMILES string of the molecule is CCCN(C(=O)CCSCc1ccccn1)C1CCNC1.Cl.Cl. The summed E-state index contributed by atoms with van der Waals surface area (Å²) in [7, 11) is 0. The lowest BCUT2D eigenvalue weighted by atomic mass is 10.2. The van der Waals surface area contributed by atoms with Gasteiger partial charge in [-0.1, -0.05) is 13.0 Å². The summed E-state index contributed by atoms with van der Waals surface area (Å²) in [5.74, 6) is 2.06. The number of halogens is 2. The van der Waals surface area contributed by atoms with Crippen molar-refractivity contribution in [3.63, 3.8) is 0 Å². The molecule has 1 unspecified atom stereocenters. The van der Waals surface area contributed by atoms with Gasteiger partial charge in [0.1, 0.15) is 0 Å². The highest BCUT2D eigenvalue weighted by molar-refractivity contribution is 7.98. The van der Waals surface area contributed by atoms with E-state index in [0.29, 0.717) is 18.4 Å². The second-order valence-electron chi connectivity index (χ2n) is 5.36. The summed E-state index contributed by atoms with van der Waals surface area (Å²) in [5, 5.41) is 3.35. The highest BCUT2D eigenvalue weighted by atomic mass is 35.5. The average Bonchev–Trinajstić information content (AvgIpc) is 3.04. The van der Waals surface area contributed by atoms with Gasteiger partial charge in [0.15, 0.2) is 0 Å². The maximum absolute atomic E-state index is 12.4. The predicted octanol–water partition coefficient (Wildman–Crippen LogP) is 3.15. The Morgan fingerprint density at radius 3 is 2.87 bits per heavy atom. The third kappa shape index (κ3) is 7.75. The lowest BCUT2D eigenvalue weighted by Gasteiger charge is -2.28. The molecule has 1 atom stereocenters. The molecule has 2 rings (SSSR count). The molecule has 23 heavy (non-hydrogen) atoms. The first-order chi connectivity index (χ1) is 10.3. The quantitative estimate of drug-likeness (QED) is 0.704. The Labute approximate surface area is 156 Å². The van der Waals surface area contributed by atoms with Crippen molar-refractivity contribution < 1.29 is 4.79 Å². The van der Waals surface area contributed by atoms with Gasteiger partial charge >= 0.3 is 0 Å². The van der Waals surface area contributed by atoms with Crippen molar-refractivity contribution in [3.8, 4) is 0 Å². The molecule has 0 radical (unpaired) electrons. The Balaban J connectivity index is 0.00000242. The van der Waals surface area contributed by atoms with E-state index in [4.69, 9.17) is 0 Å². The topological polar surface area (TPSA) is 45.2 Å². The van der Waals surface area contributed by atoms with Gasteiger partial charge in [-0.25, -0.2) is 0 Å². The molecule has 7 heteroatoms. The third-order valence-corrected chi connectivity index (χ3v) is 4.69. The van der Waals surface area contributed by atoms with Crippen molar-refractivity contribution in [2.24, 2.45) is 0 Å². The largest absolute Gasteiger partial charge is 0.338 e. The zero-order chi connectivity index (χ0) is 14.9. The Bertz CT molecular complexity index is 431. The molecule has 1 saturated heterocycles. The van der Waals surface area contributed by atoms with Crippen LogP contribution in [0.15, 0.2) is 24.4 Å². The van der Waals surface area contributed by atoms with E-state index in [1.807, 2.05) is 24.4 Å². The van der Waals surface area contributed by atoms with Crippen LogP contribution in [-0.4, -0.2) is 47.2 Å². The predicted molar refractivity (Wildman–Crippen MR) is 103 cm³/mol. The Morgan fingerprint density at radius 2 is 2.26 bits per heavy atom. The van der Waals surface area contributed by atoms with Gasteiger partial charge in [0, 0.05) is 43.3 Å². The molecular formula is C16H27Cl2N3OS. The fourth-order valence-corrected chi connectivity index (χ4v) is 3.46. The lowest BCUT2D eigenvalue weighted by molar-refractivity contribution is -0.132. The Hall–Kier alpha value is -0.490. The molecule has 132 valence electrons. The van der Waals surface area contributed by atoms with Crippen LogP contribution >= 0.6 is 36.6 Å². The van der Waals surface area contributed by atoms with Gasteiger partial charge in [-0.05, 0) is 31.5 Å². The Morgan fingerprint density at radius 1 is 1.43 bits per heavy atom. The van der Waals surface area contributed by atoms with Crippen molar-refractivity contribution in [2.75, 3.05) is 25.4 Å². The smallest absolute Gasteiger partial charge is 0.223 e. The summed E-state index contributed by atoms with van der Waals surface area (Å²) < 4.78 is 0. The van der Waals surface area contributed by atoms with Crippen LogP contribution in [0.1, 0.15) is 31.9 Å². The molecule has 1 aliphatic heterocycles. The van der Waals surface area contributed by atoms with E-state index in [-0.39, 0.29) is 24.8 Å². The van der Waals surface area contributed by atoms with Gasteiger partial charge in [0.2, 0.25) is 5.91 Å². The number of hydrogen-bond donors (Lipinski definition) is 1. The number of nitrogens with one attached hydrogen (secondary N) is 1. The molecule has 0 spiro atoms. The number of carbonyl (C=O) groups is 1. The zero-order valence-corrected chi connectivity index (χ0v) is 16.0. The maximum atomic E-state index is 12.4. The summed E-state index contributed by atoms with van der Waals surface area (Å²) in [6, 6.07) is 6.36. The van der Waals surface area contributed by atoms with Crippen LogP contribution in [0, 0.1) is 0 Å². The third-order valence-electron chi connectivity index (χ3n) is 3.70. The number of rotatable bonds is 8. The fourth-order valence-electron chi connectivity index (χ4n) is 2.62. The molecule has 1 aliphatic rings. The van der Waals surface area contributed by atoms with Crippen LogP contribution in [0.5, 0.6) is 0 Å². The highest BCUT2D eigenvalue weighted by Crippen LogP contribution is 2.15. The van der Waals surface area contributed by atoms with Gasteiger partial charge < -0.3 is 10.2 Å². The number of amides is 1. The molecule has 0 aromatic carbocycles. The fraction of sp³-hybridized carbons (Fsp3) is 0.625. The van der Waals surface area contributed by atoms with Crippen LogP contribution < -0.4 is 5.32 Å². The van der Waals surface area contributed by atoms with Crippen LogP contribution in [0.3, 0.4) is 0 Å². The number of pyridine rings is 1. The van der Waals surface area contributed by atoms with Gasteiger partial charge in [-0.2, -0.15) is 11.8 Å². The summed E-state index contributed by atoms with van der Waals surface area (Å²) >= 11 is 1.79. The van der Waals surface area contributed by atoms with E-state index in [2.05, 4.69) is 22.1 Å². The molecule has 0 aliphatic carbocycles. The monoisotopic (exact) mass is 379 g/mol. The summed E-state index contributed by atoms with van der Waals surface area (Å²) in [4.78, 5) is 18.8. The summed E-state index contributed by atoms with van der Waals surface area (Å²) in [6.45, 7) is 5.01. The molecule has 0 bridgehead atoms. The molecule has 1 aromatic rings. The van der Waals surface area contributed by atoms with Gasteiger partial charge in [0.25, 0.3) is 0 Å². The highest BCUT2D eigenvalue weighted by Gasteiger charge is 2.25. The lowest BCUT2D eigenvalue weighted by Crippen LogP contribution is -2.42. The van der Waals surface area contributed by atoms with Crippen LogP contribution in [0.4, 0.5) is 0 Å². The van der Waals surface area contributed by atoms with Crippen molar-refractivity contribution in [1.82, 2.24) is 15.2 Å². The molecule has 1 fully saturated rings. The van der Waals surface area contributed by atoms with Crippen LogP contribution in [-0.2, 0) is 10.5 Å². The van der Waals surface area contributed by atoms with E-state index in [9.17, 15) is 4.79 Å². The summed E-state index contributed by atoms with van der Waals surface area (Å²) in [5.41, 5.74) is 1.08.